The molecule has 0 aromatic carbocycles. The zero-order chi connectivity index (χ0) is 12.4. The van der Waals surface area contributed by atoms with Crippen molar-refractivity contribution in [2.75, 3.05) is 13.7 Å². The highest BCUT2D eigenvalue weighted by atomic mass is 16.5. The van der Waals surface area contributed by atoms with E-state index in [0.29, 0.717) is 31.0 Å². The van der Waals surface area contributed by atoms with Crippen molar-refractivity contribution in [1.82, 2.24) is 5.32 Å². The lowest BCUT2D eigenvalue weighted by molar-refractivity contribution is -0.136. The number of carbonyl (C=O) groups excluding carboxylic acids is 1. The van der Waals surface area contributed by atoms with Gasteiger partial charge in [-0.2, -0.15) is 0 Å². The van der Waals surface area contributed by atoms with Gasteiger partial charge in [0.25, 0.3) is 0 Å². The van der Waals surface area contributed by atoms with Gasteiger partial charge in [0, 0.05) is 24.6 Å². The number of terminal acetylenes is 1. The van der Waals surface area contributed by atoms with E-state index in [1.165, 1.54) is 7.11 Å². The molecule has 0 aromatic heterocycles. The fourth-order valence-corrected chi connectivity index (χ4v) is 1.35. The van der Waals surface area contributed by atoms with Gasteiger partial charge in [0.1, 0.15) is 0 Å². The van der Waals surface area contributed by atoms with Crippen molar-refractivity contribution in [1.29, 1.82) is 0 Å². The number of hydrogen-bond acceptors (Lipinski definition) is 3. The Morgan fingerprint density at radius 2 is 2.25 bits per heavy atom. The molecule has 0 radical (unpaired) electrons. The zero-order valence-corrected chi connectivity index (χ0v) is 10.4. The van der Waals surface area contributed by atoms with Gasteiger partial charge >= 0.3 is 5.97 Å². The fraction of sp³-hybridized carbons (Fsp3) is 0.615. The van der Waals surface area contributed by atoms with Crippen LogP contribution in [-0.2, 0) is 9.53 Å². The summed E-state index contributed by atoms with van der Waals surface area (Å²) >= 11 is 0. The second-order valence-corrected chi connectivity index (χ2v) is 3.50. The Balaban J connectivity index is 4.14. The maximum atomic E-state index is 11.3. The number of nitrogens with one attached hydrogen (secondary N) is 1. The Morgan fingerprint density at radius 1 is 1.56 bits per heavy atom. The standard InChI is InChI=1S/C13H21NO2/c1-5-8-12(7-3)14-10-9-11(6-2)13(15)16-4/h1,9,12,14H,6-8,10H2,2-4H3/b11-9-. The largest absolute Gasteiger partial charge is 0.466 e. The van der Waals surface area contributed by atoms with Crippen molar-refractivity contribution in [2.45, 2.75) is 39.2 Å². The van der Waals surface area contributed by atoms with Gasteiger partial charge in [0.2, 0.25) is 0 Å². The van der Waals surface area contributed by atoms with E-state index >= 15 is 0 Å². The summed E-state index contributed by atoms with van der Waals surface area (Å²) in [6.45, 7) is 4.67. The van der Waals surface area contributed by atoms with E-state index in [1.807, 2.05) is 13.0 Å². The minimum Gasteiger partial charge on any atom is -0.466 e. The Morgan fingerprint density at radius 3 is 2.69 bits per heavy atom. The molecule has 0 aromatic rings. The van der Waals surface area contributed by atoms with Crippen LogP contribution in [0, 0.1) is 12.3 Å². The first kappa shape index (κ1) is 14.7. The molecule has 0 saturated carbocycles. The van der Waals surface area contributed by atoms with Crippen LogP contribution in [0.15, 0.2) is 11.6 Å². The Labute approximate surface area is 98.3 Å². The zero-order valence-electron chi connectivity index (χ0n) is 10.4. The summed E-state index contributed by atoms with van der Waals surface area (Å²) in [5.74, 6) is 2.37. The third-order valence-electron chi connectivity index (χ3n) is 2.44. The molecule has 0 saturated heterocycles. The predicted molar refractivity (Wildman–Crippen MR) is 65.9 cm³/mol. The first-order valence-electron chi connectivity index (χ1n) is 5.63. The molecule has 0 bridgehead atoms. The second kappa shape index (κ2) is 8.99. The fourth-order valence-electron chi connectivity index (χ4n) is 1.35. The maximum Gasteiger partial charge on any atom is 0.333 e. The van der Waals surface area contributed by atoms with Crippen LogP contribution < -0.4 is 5.32 Å². The van der Waals surface area contributed by atoms with Gasteiger partial charge in [-0.3, -0.25) is 0 Å². The Bertz CT molecular complexity index is 276. The molecule has 0 aliphatic rings. The van der Waals surface area contributed by atoms with E-state index in [4.69, 9.17) is 6.42 Å². The molecule has 16 heavy (non-hydrogen) atoms. The van der Waals surface area contributed by atoms with E-state index < -0.39 is 0 Å². The first-order chi connectivity index (χ1) is 7.69. The third-order valence-corrected chi connectivity index (χ3v) is 2.44. The molecule has 0 fully saturated rings. The summed E-state index contributed by atoms with van der Waals surface area (Å²) < 4.78 is 4.67. The molecule has 0 rings (SSSR count). The molecule has 0 heterocycles. The predicted octanol–water partition coefficient (Wildman–Crippen LogP) is 1.89. The second-order valence-electron chi connectivity index (χ2n) is 3.50. The molecule has 1 unspecified atom stereocenters. The average molecular weight is 223 g/mol. The molecule has 1 N–H and O–H groups in total. The molecular weight excluding hydrogens is 202 g/mol. The van der Waals surface area contributed by atoms with Crippen LogP contribution in [0.1, 0.15) is 33.1 Å². The van der Waals surface area contributed by atoms with Crippen LogP contribution in [0.3, 0.4) is 0 Å². The molecule has 0 aliphatic carbocycles. The van der Waals surface area contributed by atoms with Crippen molar-refractivity contribution in [2.24, 2.45) is 0 Å². The van der Waals surface area contributed by atoms with Crippen LogP contribution in [-0.4, -0.2) is 25.7 Å². The smallest absolute Gasteiger partial charge is 0.333 e. The molecule has 90 valence electrons. The molecular formula is C13H21NO2. The lowest BCUT2D eigenvalue weighted by Gasteiger charge is -2.12. The SMILES string of the molecule is C#CCC(CC)NC/C=C(/CC)C(=O)OC. The monoisotopic (exact) mass is 223 g/mol. The van der Waals surface area contributed by atoms with Crippen LogP contribution >= 0.6 is 0 Å². The lowest BCUT2D eigenvalue weighted by Crippen LogP contribution is -2.28. The summed E-state index contributed by atoms with van der Waals surface area (Å²) in [6, 6.07) is 0.317. The molecule has 3 nitrogen and oxygen atoms in total. The number of methoxy groups -OCH3 is 1. The van der Waals surface area contributed by atoms with Gasteiger partial charge in [0.05, 0.1) is 7.11 Å². The van der Waals surface area contributed by atoms with E-state index in [9.17, 15) is 4.79 Å². The number of carbonyl (C=O) groups is 1. The van der Waals surface area contributed by atoms with Crippen molar-refractivity contribution < 1.29 is 9.53 Å². The lowest BCUT2D eigenvalue weighted by atomic mass is 10.1. The molecule has 0 spiro atoms. The third kappa shape index (κ3) is 5.57. The van der Waals surface area contributed by atoms with E-state index in [0.717, 1.165) is 6.42 Å². The van der Waals surface area contributed by atoms with Gasteiger partial charge in [-0.05, 0) is 12.8 Å². The van der Waals surface area contributed by atoms with Gasteiger partial charge in [0.15, 0.2) is 0 Å². The summed E-state index contributed by atoms with van der Waals surface area (Å²) in [5, 5.41) is 3.29. The molecule has 3 heteroatoms. The van der Waals surface area contributed by atoms with Crippen LogP contribution in [0.25, 0.3) is 0 Å². The number of ether oxygens (including phenoxy) is 1. The van der Waals surface area contributed by atoms with E-state index in [1.54, 1.807) is 0 Å². The minimum atomic E-state index is -0.255. The summed E-state index contributed by atoms with van der Waals surface area (Å²) in [7, 11) is 1.40. The highest BCUT2D eigenvalue weighted by Gasteiger charge is 2.07. The van der Waals surface area contributed by atoms with Crippen LogP contribution in [0.4, 0.5) is 0 Å². The first-order valence-corrected chi connectivity index (χ1v) is 5.63. The average Bonchev–Trinajstić information content (AvgIpc) is 2.32. The minimum absolute atomic E-state index is 0.255. The van der Waals surface area contributed by atoms with E-state index in [-0.39, 0.29) is 5.97 Å². The quantitative estimate of drug-likeness (QED) is 0.407. The number of hydrogen-bond donors (Lipinski definition) is 1. The normalized spacial score (nSPS) is 13.0. The van der Waals surface area contributed by atoms with E-state index in [2.05, 4.69) is 22.9 Å². The Kier molecular flexibility index (Phi) is 8.28. The van der Waals surface area contributed by atoms with Gasteiger partial charge in [-0.15, -0.1) is 12.3 Å². The van der Waals surface area contributed by atoms with Crippen LogP contribution in [0.2, 0.25) is 0 Å². The van der Waals surface area contributed by atoms with Crippen molar-refractivity contribution in [3.05, 3.63) is 11.6 Å². The maximum absolute atomic E-state index is 11.3. The van der Waals surface area contributed by atoms with Crippen molar-refractivity contribution >= 4 is 5.97 Å². The summed E-state index contributed by atoms with van der Waals surface area (Å²) in [4.78, 5) is 11.3. The highest BCUT2D eigenvalue weighted by molar-refractivity contribution is 5.88. The van der Waals surface area contributed by atoms with Gasteiger partial charge < -0.3 is 10.1 Å². The Hall–Kier alpha value is -1.27. The summed E-state index contributed by atoms with van der Waals surface area (Å²) in [5.41, 5.74) is 0.700. The molecule has 1 atom stereocenters. The van der Waals surface area contributed by atoms with Crippen molar-refractivity contribution in [3.63, 3.8) is 0 Å². The molecule has 0 aliphatic heterocycles. The highest BCUT2D eigenvalue weighted by Crippen LogP contribution is 2.02. The number of rotatable bonds is 7. The van der Waals surface area contributed by atoms with Crippen LogP contribution in [0.5, 0.6) is 0 Å². The topological polar surface area (TPSA) is 38.3 Å². The summed E-state index contributed by atoms with van der Waals surface area (Å²) in [6.07, 6.45) is 9.50. The van der Waals surface area contributed by atoms with Gasteiger partial charge in [-0.1, -0.05) is 19.9 Å². The van der Waals surface area contributed by atoms with Crippen molar-refractivity contribution in [3.8, 4) is 12.3 Å². The molecule has 0 amide bonds. The van der Waals surface area contributed by atoms with Gasteiger partial charge in [-0.25, -0.2) is 4.79 Å². The number of esters is 1.